The molecule has 204 valence electrons. The average molecular weight is 589 g/mol. The molecule has 4 heterocycles. The van der Waals surface area contributed by atoms with Crippen LogP contribution in [0.4, 0.5) is 5.69 Å². The Morgan fingerprint density at radius 3 is 2.67 bits per heavy atom. The van der Waals surface area contributed by atoms with E-state index in [0.717, 1.165) is 45.9 Å². The lowest BCUT2D eigenvalue weighted by molar-refractivity contribution is -0.117. The second-order valence-electron chi connectivity index (χ2n) is 10.1. The summed E-state index contributed by atoms with van der Waals surface area (Å²) in [6, 6.07) is 11.1. The first-order valence-corrected chi connectivity index (χ1v) is 14.8. The molecule has 0 bridgehead atoms. The molecule has 2 aromatic carbocycles. The normalized spacial score (nSPS) is 20.9. The lowest BCUT2D eigenvalue weighted by Gasteiger charge is -2.27. The Bertz CT molecular complexity index is 1600. The van der Waals surface area contributed by atoms with E-state index in [0.29, 0.717) is 41.7 Å². The number of benzene rings is 2. The van der Waals surface area contributed by atoms with Gasteiger partial charge in [0.2, 0.25) is 5.91 Å². The van der Waals surface area contributed by atoms with Crippen LogP contribution in [0.5, 0.6) is 0 Å². The second-order valence-corrected chi connectivity index (χ2v) is 11.8. The highest BCUT2D eigenvalue weighted by molar-refractivity contribution is 7.79. The van der Waals surface area contributed by atoms with Gasteiger partial charge >= 0.3 is 0 Å². The van der Waals surface area contributed by atoms with Crippen molar-refractivity contribution in [1.82, 2.24) is 19.6 Å². The number of fused-ring (bicyclic) bond motifs is 1. The molecule has 2 aliphatic rings. The molecule has 9 nitrogen and oxygen atoms in total. The number of anilines is 1. The van der Waals surface area contributed by atoms with Gasteiger partial charge in [-0.3, -0.25) is 9.69 Å². The number of imidazole rings is 1. The topological polar surface area (TPSA) is 105 Å². The van der Waals surface area contributed by atoms with Gasteiger partial charge in [0.05, 0.1) is 32.8 Å². The van der Waals surface area contributed by atoms with E-state index in [1.807, 2.05) is 30.9 Å². The number of aromatic nitrogens is 3. The lowest BCUT2D eigenvalue weighted by Crippen LogP contribution is -2.30. The maximum atomic E-state index is 13.2. The monoisotopic (exact) mass is 587 g/mol. The predicted molar refractivity (Wildman–Crippen MR) is 151 cm³/mol. The molecule has 4 aromatic rings. The molecule has 6 rings (SSSR count). The lowest BCUT2D eigenvalue weighted by atomic mass is 10.0. The van der Waals surface area contributed by atoms with Crippen molar-refractivity contribution in [3.8, 4) is 11.1 Å². The maximum Gasteiger partial charge on any atom is 0.227 e. The Morgan fingerprint density at radius 2 is 1.95 bits per heavy atom. The fraction of sp³-hybridized carbons (Fsp3) is 0.370. The Kier molecular flexibility index (Phi) is 7.01. The van der Waals surface area contributed by atoms with Crippen molar-refractivity contribution in [3.05, 3.63) is 63.7 Å². The third-order valence-electron chi connectivity index (χ3n) is 7.64. The molecule has 39 heavy (non-hydrogen) atoms. The first-order valence-electron chi connectivity index (χ1n) is 12.7. The summed E-state index contributed by atoms with van der Waals surface area (Å²) < 4.78 is 28.6. The minimum atomic E-state index is -1.91. The summed E-state index contributed by atoms with van der Waals surface area (Å²) in [5.74, 6) is 1.63. The number of hydrogen-bond acceptors (Lipinski definition) is 6. The molecule has 1 unspecified atom stereocenters. The quantitative estimate of drug-likeness (QED) is 0.279. The molecule has 3 atom stereocenters. The molecule has 0 aliphatic carbocycles. The summed E-state index contributed by atoms with van der Waals surface area (Å²) in [4.78, 5) is 22.1. The summed E-state index contributed by atoms with van der Waals surface area (Å²) in [7, 11) is 0. The van der Waals surface area contributed by atoms with Crippen LogP contribution in [0, 0.1) is 13.8 Å². The summed E-state index contributed by atoms with van der Waals surface area (Å²) in [5.41, 5.74) is 5.14. The van der Waals surface area contributed by atoms with Gasteiger partial charge in [-0.2, -0.15) is 0 Å². The molecular weight excluding hydrogens is 561 g/mol. The molecule has 0 saturated carbocycles. The van der Waals surface area contributed by atoms with Gasteiger partial charge in [0.1, 0.15) is 17.5 Å². The van der Waals surface area contributed by atoms with Crippen molar-refractivity contribution in [2.45, 2.75) is 45.2 Å². The number of halogens is 2. The average Bonchev–Trinajstić information content (AvgIpc) is 3.66. The van der Waals surface area contributed by atoms with Crippen LogP contribution in [0.25, 0.3) is 22.2 Å². The Hall–Kier alpha value is -2.76. The van der Waals surface area contributed by atoms with Gasteiger partial charge < -0.3 is 18.5 Å². The van der Waals surface area contributed by atoms with Gasteiger partial charge in [-0.15, -0.1) is 0 Å². The van der Waals surface area contributed by atoms with Crippen molar-refractivity contribution in [3.63, 3.8) is 0 Å². The molecule has 2 saturated heterocycles. The molecule has 2 fully saturated rings. The minimum Gasteiger partial charge on any atom is -0.361 e. The zero-order valence-electron chi connectivity index (χ0n) is 21.4. The number of nitrogens with zero attached hydrogens (tertiary/aromatic N) is 5. The summed E-state index contributed by atoms with van der Waals surface area (Å²) in [6.45, 7) is 5.12. The van der Waals surface area contributed by atoms with E-state index in [4.69, 9.17) is 32.7 Å². The fourth-order valence-electron chi connectivity index (χ4n) is 5.97. The van der Waals surface area contributed by atoms with Gasteiger partial charge in [0.25, 0.3) is 0 Å². The minimum absolute atomic E-state index is 0.00266. The molecular formula is C27H27Cl2N5O4S. The number of carbonyl (C=O) groups excluding carboxylic acids is 1. The van der Waals surface area contributed by atoms with Crippen LogP contribution in [0.15, 0.2) is 40.9 Å². The van der Waals surface area contributed by atoms with Gasteiger partial charge in [-0.1, -0.05) is 34.4 Å². The van der Waals surface area contributed by atoms with E-state index < -0.39 is 11.1 Å². The molecule has 0 radical (unpaired) electrons. The number of likely N-dealkylation sites (tertiary alicyclic amines) is 1. The molecule has 12 heteroatoms. The highest BCUT2D eigenvalue weighted by Gasteiger charge is 2.39. The van der Waals surface area contributed by atoms with E-state index in [1.54, 1.807) is 23.1 Å². The standard InChI is InChI=1S/C27H27Cl2N5O4S/c1-15-26(16(2)38-31-15)17-3-6-23-22(11-17)30-27(34(23)19-9-10-32(13-19)14-39(36)37)24-7-8-25(35)33(24)18-4-5-20(28)21(29)12-18/h3-6,11-12,19,24H,7-10,13-14H2,1-2H3,(H,36,37)/t19-,24+/m1/s1. The van der Waals surface area contributed by atoms with Crippen LogP contribution in [-0.2, 0) is 15.9 Å². The molecule has 0 spiro atoms. The number of carbonyl (C=O) groups is 1. The first-order chi connectivity index (χ1) is 18.7. The summed E-state index contributed by atoms with van der Waals surface area (Å²) >= 11 is 10.6. The van der Waals surface area contributed by atoms with Crippen LogP contribution in [-0.4, -0.2) is 53.2 Å². The Balaban J connectivity index is 1.48. The third kappa shape index (κ3) is 4.78. The SMILES string of the molecule is Cc1noc(C)c1-c1ccc2c(c1)nc([C@@H]1CCC(=O)N1c1ccc(Cl)c(Cl)c1)n2[C@@H]1CCN(CS(=O)O)C1. The van der Waals surface area contributed by atoms with E-state index in [9.17, 15) is 13.6 Å². The van der Waals surface area contributed by atoms with Gasteiger partial charge in [0, 0.05) is 36.8 Å². The summed E-state index contributed by atoms with van der Waals surface area (Å²) in [6.07, 6.45) is 1.80. The third-order valence-corrected chi connectivity index (χ3v) is 8.96. The van der Waals surface area contributed by atoms with Crippen molar-refractivity contribution in [1.29, 1.82) is 0 Å². The van der Waals surface area contributed by atoms with Gasteiger partial charge in [-0.05, 0) is 62.6 Å². The van der Waals surface area contributed by atoms with Crippen molar-refractivity contribution in [2.24, 2.45) is 0 Å². The van der Waals surface area contributed by atoms with Crippen molar-refractivity contribution >= 4 is 56.9 Å². The number of aryl methyl sites for hydroxylation is 2. The predicted octanol–water partition coefficient (Wildman–Crippen LogP) is 5.91. The van der Waals surface area contributed by atoms with E-state index in [1.165, 1.54) is 0 Å². The molecule has 1 amide bonds. The number of hydrogen-bond donors (Lipinski definition) is 1. The van der Waals surface area contributed by atoms with Crippen LogP contribution >= 0.6 is 23.2 Å². The Morgan fingerprint density at radius 1 is 1.13 bits per heavy atom. The van der Waals surface area contributed by atoms with Crippen molar-refractivity contribution in [2.75, 3.05) is 23.9 Å². The van der Waals surface area contributed by atoms with E-state index in [2.05, 4.69) is 15.8 Å². The maximum absolute atomic E-state index is 13.2. The second kappa shape index (κ2) is 10.3. The summed E-state index contributed by atoms with van der Waals surface area (Å²) in [5, 5.41) is 4.91. The van der Waals surface area contributed by atoms with E-state index >= 15 is 0 Å². The van der Waals surface area contributed by atoms with Crippen LogP contribution in [0.1, 0.15) is 48.6 Å². The number of amides is 1. The smallest absolute Gasteiger partial charge is 0.227 e. The van der Waals surface area contributed by atoms with Crippen LogP contribution in [0.3, 0.4) is 0 Å². The fourth-order valence-corrected chi connectivity index (χ4v) is 6.81. The highest BCUT2D eigenvalue weighted by atomic mass is 35.5. The Labute approximate surface area is 237 Å². The molecule has 2 aromatic heterocycles. The molecule has 2 aliphatic heterocycles. The van der Waals surface area contributed by atoms with Gasteiger partial charge in [0.15, 0.2) is 11.1 Å². The zero-order chi connectivity index (χ0) is 27.4. The van der Waals surface area contributed by atoms with Crippen molar-refractivity contribution < 1.29 is 18.1 Å². The number of rotatable bonds is 6. The highest BCUT2D eigenvalue weighted by Crippen LogP contribution is 2.42. The zero-order valence-corrected chi connectivity index (χ0v) is 23.8. The van der Waals surface area contributed by atoms with E-state index in [-0.39, 0.29) is 23.9 Å². The van der Waals surface area contributed by atoms with Gasteiger partial charge in [-0.25, -0.2) is 9.19 Å². The first kappa shape index (κ1) is 26.5. The van der Waals surface area contributed by atoms with Crippen LogP contribution < -0.4 is 4.90 Å². The largest absolute Gasteiger partial charge is 0.361 e. The molecule has 1 N–H and O–H groups in total. The van der Waals surface area contributed by atoms with Crippen LogP contribution in [0.2, 0.25) is 10.0 Å².